The second kappa shape index (κ2) is 51.5. The van der Waals surface area contributed by atoms with Crippen molar-refractivity contribution in [2.24, 2.45) is 0 Å². The van der Waals surface area contributed by atoms with Gasteiger partial charge in [-0.05, 0) is 19.3 Å². The SMILES string of the molecule is CCCCCCCCCCC/C=C/C(O)C(CO)NC(=O)CCCCCCCCCCCCCCCCCCCCCCCCCCCCCCCCCCCCCC. The maximum Gasteiger partial charge on any atom is 0.220 e. The number of aliphatic hydroxyl groups is 2. The second-order valence-electron chi connectivity index (χ2n) is 19.0. The van der Waals surface area contributed by atoms with E-state index in [0.717, 1.165) is 25.7 Å². The summed E-state index contributed by atoms with van der Waals surface area (Å²) in [5.74, 6) is -0.0587. The predicted molar refractivity (Wildman–Crippen MR) is 263 cm³/mol. The molecule has 0 aliphatic carbocycles. The number of unbranched alkanes of at least 4 members (excludes halogenated alkanes) is 44. The van der Waals surface area contributed by atoms with Gasteiger partial charge in [-0.15, -0.1) is 0 Å². The smallest absolute Gasteiger partial charge is 0.220 e. The van der Waals surface area contributed by atoms with E-state index in [4.69, 9.17) is 0 Å². The molecule has 0 aliphatic rings. The molecular weight excluding hydrogens is 723 g/mol. The van der Waals surface area contributed by atoms with Crippen LogP contribution in [0.2, 0.25) is 0 Å². The number of hydrogen-bond acceptors (Lipinski definition) is 3. The molecule has 0 heterocycles. The van der Waals surface area contributed by atoms with Crippen LogP contribution in [-0.4, -0.2) is 34.9 Å². The van der Waals surface area contributed by atoms with Gasteiger partial charge in [-0.3, -0.25) is 4.79 Å². The number of rotatable bonds is 51. The maximum absolute atomic E-state index is 12.4. The lowest BCUT2D eigenvalue weighted by atomic mass is 10.0. The van der Waals surface area contributed by atoms with Crippen molar-refractivity contribution in [2.75, 3.05) is 6.61 Å². The topological polar surface area (TPSA) is 69.6 Å². The van der Waals surface area contributed by atoms with Crippen LogP contribution in [0.5, 0.6) is 0 Å². The number of allylic oxidation sites excluding steroid dienone is 1. The van der Waals surface area contributed by atoms with E-state index < -0.39 is 12.1 Å². The molecular formula is C55H109NO3. The fraction of sp³-hybridized carbons (Fsp3) is 0.945. The van der Waals surface area contributed by atoms with Gasteiger partial charge >= 0.3 is 0 Å². The molecule has 4 nitrogen and oxygen atoms in total. The Hall–Kier alpha value is -0.870. The first kappa shape index (κ1) is 58.1. The molecule has 0 aromatic heterocycles. The van der Waals surface area contributed by atoms with Gasteiger partial charge in [0.1, 0.15) is 0 Å². The van der Waals surface area contributed by atoms with Crippen LogP contribution in [0.1, 0.15) is 316 Å². The van der Waals surface area contributed by atoms with E-state index >= 15 is 0 Å². The second-order valence-corrected chi connectivity index (χ2v) is 19.0. The lowest BCUT2D eigenvalue weighted by Crippen LogP contribution is -2.45. The van der Waals surface area contributed by atoms with Crippen LogP contribution in [-0.2, 0) is 4.79 Å². The van der Waals surface area contributed by atoms with E-state index in [1.807, 2.05) is 6.08 Å². The Labute approximate surface area is 371 Å². The van der Waals surface area contributed by atoms with Crippen molar-refractivity contribution in [3.8, 4) is 0 Å². The summed E-state index contributed by atoms with van der Waals surface area (Å²) >= 11 is 0. The van der Waals surface area contributed by atoms with Gasteiger partial charge in [0.05, 0.1) is 18.8 Å². The third kappa shape index (κ3) is 48.0. The van der Waals surface area contributed by atoms with Gasteiger partial charge in [0.2, 0.25) is 5.91 Å². The molecule has 0 saturated heterocycles. The molecule has 0 bridgehead atoms. The molecule has 1 amide bonds. The minimum Gasteiger partial charge on any atom is -0.394 e. The summed E-state index contributed by atoms with van der Waals surface area (Å²) in [7, 11) is 0. The number of nitrogens with one attached hydrogen (secondary N) is 1. The molecule has 2 atom stereocenters. The number of carbonyl (C=O) groups excluding carboxylic acids is 1. The summed E-state index contributed by atoms with van der Waals surface area (Å²) in [5.41, 5.74) is 0. The molecule has 0 aromatic rings. The molecule has 352 valence electrons. The van der Waals surface area contributed by atoms with Gasteiger partial charge in [-0.25, -0.2) is 0 Å². The Morgan fingerprint density at radius 3 is 0.881 bits per heavy atom. The van der Waals surface area contributed by atoms with Crippen molar-refractivity contribution in [1.29, 1.82) is 0 Å². The van der Waals surface area contributed by atoms with Crippen molar-refractivity contribution < 1.29 is 15.0 Å². The molecule has 0 saturated carbocycles. The highest BCUT2D eigenvalue weighted by Crippen LogP contribution is 2.18. The fourth-order valence-electron chi connectivity index (χ4n) is 8.83. The monoisotopic (exact) mass is 832 g/mol. The van der Waals surface area contributed by atoms with Crippen molar-refractivity contribution in [3.63, 3.8) is 0 Å². The first-order valence-corrected chi connectivity index (χ1v) is 27.4. The zero-order valence-corrected chi connectivity index (χ0v) is 40.6. The number of carbonyl (C=O) groups is 1. The van der Waals surface area contributed by atoms with Crippen molar-refractivity contribution in [1.82, 2.24) is 5.32 Å². The van der Waals surface area contributed by atoms with Crippen LogP contribution in [0.4, 0.5) is 0 Å². The molecule has 2 unspecified atom stereocenters. The average molecular weight is 832 g/mol. The van der Waals surface area contributed by atoms with Crippen molar-refractivity contribution in [3.05, 3.63) is 12.2 Å². The molecule has 0 fully saturated rings. The van der Waals surface area contributed by atoms with Gasteiger partial charge in [-0.2, -0.15) is 0 Å². The van der Waals surface area contributed by atoms with E-state index in [9.17, 15) is 15.0 Å². The van der Waals surface area contributed by atoms with Crippen LogP contribution in [0.25, 0.3) is 0 Å². The lowest BCUT2D eigenvalue weighted by molar-refractivity contribution is -0.123. The minimum atomic E-state index is -0.833. The number of hydrogen-bond donors (Lipinski definition) is 3. The zero-order chi connectivity index (χ0) is 42.8. The summed E-state index contributed by atoms with van der Waals surface area (Å²) < 4.78 is 0. The quantitative estimate of drug-likeness (QED) is 0.0422. The highest BCUT2D eigenvalue weighted by molar-refractivity contribution is 5.76. The predicted octanol–water partition coefficient (Wildman–Crippen LogP) is 17.8. The molecule has 0 rings (SSSR count). The molecule has 3 N–H and O–H groups in total. The van der Waals surface area contributed by atoms with E-state index in [1.165, 1.54) is 270 Å². The first-order chi connectivity index (χ1) is 29.2. The van der Waals surface area contributed by atoms with Crippen LogP contribution in [0, 0.1) is 0 Å². The molecule has 4 heteroatoms. The number of aliphatic hydroxyl groups excluding tert-OH is 2. The summed E-state index contributed by atoms with van der Waals surface area (Å²) in [4.78, 5) is 12.4. The van der Waals surface area contributed by atoms with Gasteiger partial charge in [0, 0.05) is 6.42 Å². The van der Waals surface area contributed by atoms with E-state index in [1.54, 1.807) is 6.08 Å². The summed E-state index contributed by atoms with van der Waals surface area (Å²) in [6, 6.07) is -0.616. The van der Waals surface area contributed by atoms with E-state index in [2.05, 4.69) is 19.2 Å². The Morgan fingerprint density at radius 2 is 0.627 bits per heavy atom. The van der Waals surface area contributed by atoms with E-state index in [-0.39, 0.29) is 12.5 Å². The first-order valence-electron chi connectivity index (χ1n) is 27.4. The van der Waals surface area contributed by atoms with Crippen LogP contribution < -0.4 is 5.32 Å². The summed E-state index contributed by atoms with van der Waals surface area (Å²) in [5, 5.41) is 23.0. The summed E-state index contributed by atoms with van der Waals surface area (Å²) in [6.07, 6.45) is 66.8. The van der Waals surface area contributed by atoms with Crippen LogP contribution >= 0.6 is 0 Å². The van der Waals surface area contributed by atoms with Crippen LogP contribution in [0.15, 0.2) is 12.2 Å². The van der Waals surface area contributed by atoms with Crippen molar-refractivity contribution >= 4 is 5.91 Å². The lowest BCUT2D eigenvalue weighted by Gasteiger charge is -2.20. The van der Waals surface area contributed by atoms with Crippen LogP contribution in [0.3, 0.4) is 0 Å². The zero-order valence-electron chi connectivity index (χ0n) is 40.6. The molecule has 0 aliphatic heterocycles. The highest BCUT2D eigenvalue weighted by Gasteiger charge is 2.18. The standard InChI is InChI=1S/C55H109NO3/c1-3-5-7-9-11-13-15-16-17-18-19-20-21-22-23-24-25-26-27-28-29-30-31-32-33-34-35-36-37-38-39-41-43-45-47-49-51-55(59)56-53(52-57)54(58)50-48-46-44-42-40-14-12-10-8-6-4-2/h48,50,53-54,57-58H,3-47,49,51-52H2,1-2H3,(H,56,59)/b50-48+. The minimum absolute atomic E-state index is 0.0587. The molecule has 0 spiro atoms. The molecule has 0 radical (unpaired) electrons. The molecule has 59 heavy (non-hydrogen) atoms. The third-order valence-electron chi connectivity index (χ3n) is 13.0. The average Bonchev–Trinajstić information content (AvgIpc) is 3.24. The van der Waals surface area contributed by atoms with Gasteiger partial charge < -0.3 is 15.5 Å². The Balaban J connectivity index is 3.33. The maximum atomic E-state index is 12.4. The van der Waals surface area contributed by atoms with Gasteiger partial charge in [0.15, 0.2) is 0 Å². The Kier molecular flexibility index (Phi) is 50.7. The summed E-state index contributed by atoms with van der Waals surface area (Å²) in [6.45, 7) is 4.32. The fourth-order valence-corrected chi connectivity index (χ4v) is 8.83. The third-order valence-corrected chi connectivity index (χ3v) is 13.0. The van der Waals surface area contributed by atoms with Crippen molar-refractivity contribution in [2.45, 2.75) is 328 Å². The highest BCUT2D eigenvalue weighted by atomic mass is 16.3. The normalized spacial score (nSPS) is 12.8. The molecule has 0 aromatic carbocycles. The van der Waals surface area contributed by atoms with Gasteiger partial charge in [0.25, 0.3) is 0 Å². The van der Waals surface area contributed by atoms with Gasteiger partial charge in [-0.1, -0.05) is 302 Å². The largest absolute Gasteiger partial charge is 0.394 e. The number of amides is 1. The Bertz CT molecular complexity index is 814. The Morgan fingerprint density at radius 1 is 0.390 bits per heavy atom. The van der Waals surface area contributed by atoms with E-state index in [0.29, 0.717) is 6.42 Å².